The van der Waals surface area contributed by atoms with Crippen LogP contribution < -0.4 is 0 Å². The molecule has 0 radical (unpaired) electrons. The molecule has 2 aromatic rings. The van der Waals surface area contributed by atoms with Crippen LogP contribution in [0.2, 0.25) is 5.02 Å². The summed E-state index contributed by atoms with van der Waals surface area (Å²) in [7, 11) is 0. The van der Waals surface area contributed by atoms with E-state index in [1.807, 2.05) is 31.2 Å². The number of nitrogens with zero attached hydrogens (tertiary/aromatic N) is 4. The van der Waals surface area contributed by atoms with Crippen molar-refractivity contribution < 1.29 is 9.53 Å². The molecule has 0 saturated carbocycles. The highest BCUT2D eigenvalue weighted by atomic mass is 35.5. The topological polar surface area (TPSA) is 59.7 Å². The molecule has 0 atom stereocenters. The van der Waals surface area contributed by atoms with Gasteiger partial charge in [-0.05, 0) is 32.9 Å². The Kier molecular flexibility index (Phi) is 3.28. The van der Waals surface area contributed by atoms with Gasteiger partial charge in [-0.15, -0.1) is 10.2 Å². The fraction of sp³-hybridized carbons (Fsp3) is 0.500. The summed E-state index contributed by atoms with van der Waals surface area (Å²) in [6, 6.07) is 3.60. The van der Waals surface area contributed by atoms with Gasteiger partial charge in [0.25, 0.3) is 0 Å². The molecule has 7 heteroatoms. The van der Waals surface area contributed by atoms with E-state index in [0.717, 1.165) is 11.5 Å². The summed E-state index contributed by atoms with van der Waals surface area (Å²) in [5.41, 5.74) is 0.280. The summed E-state index contributed by atoms with van der Waals surface area (Å²) in [6.07, 6.45) is 1.51. The van der Waals surface area contributed by atoms with Crippen LogP contribution in [0.25, 0.3) is 5.65 Å². The average molecular weight is 309 g/mol. The molecule has 0 aliphatic carbocycles. The molecule has 6 nitrogen and oxygen atoms in total. The zero-order valence-corrected chi connectivity index (χ0v) is 13.0. The van der Waals surface area contributed by atoms with E-state index in [-0.39, 0.29) is 12.0 Å². The number of amides is 1. The van der Waals surface area contributed by atoms with Gasteiger partial charge >= 0.3 is 6.09 Å². The summed E-state index contributed by atoms with van der Waals surface area (Å²) >= 11 is 6.00. The largest absolute Gasteiger partial charge is 0.444 e. The Morgan fingerprint density at radius 3 is 2.71 bits per heavy atom. The number of fused-ring (bicyclic) bond motifs is 1. The van der Waals surface area contributed by atoms with Crippen LogP contribution in [0.3, 0.4) is 0 Å². The predicted octanol–water partition coefficient (Wildman–Crippen LogP) is 2.72. The molecule has 2 aromatic heterocycles. The Morgan fingerprint density at radius 1 is 1.33 bits per heavy atom. The SMILES string of the molecule is CC(C)(C)OC(=O)N1CC(c2nnc3ccc(Cl)cn23)C1. The van der Waals surface area contributed by atoms with Gasteiger partial charge in [-0.25, -0.2) is 4.79 Å². The van der Waals surface area contributed by atoms with E-state index < -0.39 is 5.60 Å². The van der Waals surface area contributed by atoms with Crippen LogP contribution in [0.4, 0.5) is 4.79 Å². The first-order chi connectivity index (χ1) is 9.83. The fourth-order valence-electron chi connectivity index (χ4n) is 2.28. The van der Waals surface area contributed by atoms with Crippen molar-refractivity contribution in [2.75, 3.05) is 13.1 Å². The van der Waals surface area contributed by atoms with E-state index in [1.54, 1.807) is 17.2 Å². The van der Waals surface area contributed by atoms with Crippen LogP contribution >= 0.6 is 11.6 Å². The van der Waals surface area contributed by atoms with Gasteiger partial charge in [0.15, 0.2) is 5.65 Å². The fourth-order valence-corrected chi connectivity index (χ4v) is 2.44. The lowest BCUT2D eigenvalue weighted by Gasteiger charge is -2.38. The first-order valence-corrected chi connectivity index (χ1v) is 7.19. The maximum Gasteiger partial charge on any atom is 0.410 e. The maximum absolute atomic E-state index is 11.9. The van der Waals surface area contributed by atoms with E-state index >= 15 is 0 Å². The number of carbonyl (C=O) groups is 1. The number of pyridine rings is 1. The number of aromatic nitrogens is 3. The predicted molar refractivity (Wildman–Crippen MR) is 78.5 cm³/mol. The number of rotatable bonds is 1. The minimum absolute atomic E-state index is 0.158. The van der Waals surface area contributed by atoms with E-state index in [1.165, 1.54) is 0 Å². The number of carbonyl (C=O) groups excluding carboxylic acids is 1. The molecule has 112 valence electrons. The van der Waals surface area contributed by atoms with Gasteiger partial charge in [0.2, 0.25) is 0 Å². The molecule has 0 N–H and O–H groups in total. The van der Waals surface area contributed by atoms with E-state index in [0.29, 0.717) is 18.1 Å². The molecule has 1 aliphatic rings. The summed E-state index contributed by atoms with van der Waals surface area (Å²) in [6.45, 7) is 6.74. The lowest BCUT2D eigenvalue weighted by atomic mass is 10.00. The molecule has 0 aromatic carbocycles. The van der Waals surface area contributed by atoms with Crippen molar-refractivity contribution in [1.29, 1.82) is 0 Å². The highest BCUT2D eigenvalue weighted by Gasteiger charge is 2.37. The third-order valence-electron chi connectivity index (χ3n) is 3.29. The quantitative estimate of drug-likeness (QED) is 0.812. The highest BCUT2D eigenvalue weighted by molar-refractivity contribution is 6.30. The summed E-state index contributed by atoms with van der Waals surface area (Å²) in [5, 5.41) is 8.95. The minimum Gasteiger partial charge on any atom is -0.444 e. The van der Waals surface area contributed by atoms with Gasteiger partial charge in [0.05, 0.1) is 10.9 Å². The smallest absolute Gasteiger partial charge is 0.410 e. The molecule has 0 unspecified atom stereocenters. The van der Waals surface area contributed by atoms with E-state index in [2.05, 4.69) is 10.2 Å². The number of ether oxygens (including phenoxy) is 1. The van der Waals surface area contributed by atoms with Crippen molar-refractivity contribution in [1.82, 2.24) is 19.5 Å². The maximum atomic E-state index is 11.9. The Labute approximate surface area is 127 Å². The van der Waals surface area contributed by atoms with Crippen molar-refractivity contribution in [3.05, 3.63) is 29.2 Å². The Balaban J connectivity index is 1.70. The van der Waals surface area contributed by atoms with Gasteiger partial charge in [0.1, 0.15) is 11.4 Å². The number of likely N-dealkylation sites (tertiary alicyclic amines) is 1. The summed E-state index contributed by atoms with van der Waals surface area (Å²) in [4.78, 5) is 13.6. The van der Waals surface area contributed by atoms with Crippen LogP contribution in [0.5, 0.6) is 0 Å². The lowest BCUT2D eigenvalue weighted by molar-refractivity contribution is 0.00743. The van der Waals surface area contributed by atoms with Crippen molar-refractivity contribution in [3.63, 3.8) is 0 Å². The molecule has 1 amide bonds. The van der Waals surface area contributed by atoms with Crippen molar-refractivity contribution in [2.24, 2.45) is 0 Å². The van der Waals surface area contributed by atoms with E-state index in [9.17, 15) is 4.79 Å². The number of halogens is 1. The standard InChI is InChI=1S/C14H17ClN4O2/c1-14(2,3)21-13(20)18-6-9(7-18)12-17-16-11-5-4-10(15)8-19(11)12/h4-5,8-9H,6-7H2,1-3H3. The van der Waals surface area contributed by atoms with Gasteiger partial charge < -0.3 is 9.64 Å². The molecular weight excluding hydrogens is 292 g/mol. The number of hydrogen-bond acceptors (Lipinski definition) is 4. The lowest BCUT2D eigenvalue weighted by Crippen LogP contribution is -2.50. The molecule has 1 aliphatic heterocycles. The zero-order valence-electron chi connectivity index (χ0n) is 12.2. The third-order valence-corrected chi connectivity index (χ3v) is 3.51. The summed E-state index contributed by atoms with van der Waals surface area (Å²) < 4.78 is 7.21. The minimum atomic E-state index is -0.475. The second kappa shape index (κ2) is 4.87. The molecular formula is C14H17ClN4O2. The monoisotopic (exact) mass is 308 g/mol. The third kappa shape index (κ3) is 2.81. The Hall–Kier alpha value is -1.82. The molecule has 21 heavy (non-hydrogen) atoms. The Bertz CT molecular complexity index is 686. The van der Waals surface area contributed by atoms with Gasteiger partial charge in [-0.3, -0.25) is 4.40 Å². The Morgan fingerprint density at radius 2 is 2.05 bits per heavy atom. The second-order valence-electron chi connectivity index (χ2n) is 6.22. The van der Waals surface area contributed by atoms with E-state index in [4.69, 9.17) is 16.3 Å². The molecule has 3 heterocycles. The summed E-state index contributed by atoms with van der Waals surface area (Å²) in [5.74, 6) is 0.985. The first-order valence-electron chi connectivity index (χ1n) is 6.81. The molecule has 1 saturated heterocycles. The second-order valence-corrected chi connectivity index (χ2v) is 6.65. The zero-order chi connectivity index (χ0) is 15.2. The van der Waals surface area contributed by atoms with Crippen LogP contribution in [0, 0.1) is 0 Å². The number of hydrogen-bond donors (Lipinski definition) is 0. The average Bonchev–Trinajstić information content (AvgIpc) is 2.68. The van der Waals surface area contributed by atoms with Crippen molar-refractivity contribution in [3.8, 4) is 0 Å². The first kappa shape index (κ1) is 14.1. The van der Waals surface area contributed by atoms with Gasteiger partial charge in [0, 0.05) is 19.3 Å². The molecule has 1 fully saturated rings. The van der Waals surface area contributed by atoms with Crippen LogP contribution in [-0.4, -0.2) is 44.3 Å². The van der Waals surface area contributed by atoms with Crippen molar-refractivity contribution >= 4 is 23.3 Å². The van der Waals surface area contributed by atoms with Gasteiger partial charge in [-0.1, -0.05) is 11.6 Å². The molecule has 3 rings (SSSR count). The highest BCUT2D eigenvalue weighted by Crippen LogP contribution is 2.28. The molecule has 0 spiro atoms. The normalized spacial score (nSPS) is 16.1. The van der Waals surface area contributed by atoms with Gasteiger partial charge in [-0.2, -0.15) is 0 Å². The van der Waals surface area contributed by atoms with Crippen LogP contribution in [-0.2, 0) is 4.74 Å². The molecule has 0 bridgehead atoms. The van der Waals surface area contributed by atoms with Crippen LogP contribution in [0.15, 0.2) is 18.3 Å². The van der Waals surface area contributed by atoms with Crippen LogP contribution in [0.1, 0.15) is 32.5 Å². The van der Waals surface area contributed by atoms with Crippen molar-refractivity contribution in [2.45, 2.75) is 32.3 Å².